The van der Waals surface area contributed by atoms with E-state index in [-0.39, 0.29) is 24.2 Å². The van der Waals surface area contributed by atoms with Crippen LogP contribution < -0.4 is 5.32 Å². The first-order chi connectivity index (χ1) is 12.3. The summed E-state index contributed by atoms with van der Waals surface area (Å²) in [6.07, 6.45) is 0.437. The molecule has 2 amide bonds. The van der Waals surface area contributed by atoms with Gasteiger partial charge in [-0.05, 0) is 23.8 Å². The van der Waals surface area contributed by atoms with E-state index in [1.807, 2.05) is 13.8 Å². The topological polar surface area (TPSA) is 88.3 Å². The van der Waals surface area contributed by atoms with Crippen molar-refractivity contribution in [1.29, 1.82) is 0 Å². The van der Waals surface area contributed by atoms with Crippen molar-refractivity contribution in [2.75, 3.05) is 18.9 Å². The van der Waals surface area contributed by atoms with Gasteiger partial charge >= 0.3 is 0 Å². The number of nitrogens with zero attached hydrogens (tertiary/aromatic N) is 3. The molecule has 1 aliphatic rings. The van der Waals surface area contributed by atoms with Gasteiger partial charge in [0.25, 0.3) is 0 Å². The Hall–Kier alpha value is -2.77. The first-order valence-corrected chi connectivity index (χ1v) is 8.52. The lowest BCUT2D eigenvalue weighted by atomic mass is 9.89. The Kier molecular flexibility index (Phi) is 5.01. The van der Waals surface area contributed by atoms with E-state index < -0.39 is 11.7 Å². The van der Waals surface area contributed by atoms with Crippen molar-refractivity contribution >= 4 is 17.5 Å². The van der Waals surface area contributed by atoms with E-state index in [0.717, 1.165) is 0 Å². The Bertz CT molecular complexity index is 834. The maximum atomic E-state index is 13.6. The molecule has 0 bridgehead atoms. The largest absolute Gasteiger partial charge is 0.345 e. The van der Waals surface area contributed by atoms with Crippen molar-refractivity contribution in [2.45, 2.75) is 38.5 Å². The van der Waals surface area contributed by atoms with Crippen LogP contribution in [-0.2, 0) is 16.0 Å². The lowest BCUT2D eigenvalue weighted by molar-refractivity contribution is -0.133. The zero-order valence-electron chi connectivity index (χ0n) is 15.0. The van der Waals surface area contributed by atoms with E-state index in [2.05, 4.69) is 15.5 Å². The average Bonchev–Trinajstić information content (AvgIpc) is 3.08. The van der Waals surface area contributed by atoms with Gasteiger partial charge in [-0.2, -0.15) is 4.98 Å². The van der Waals surface area contributed by atoms with Crippen molar-refractivity contribution in [3.05, 3.63) is 41.3 Å². The number of carbonyl (C=O) groups excluding carboxylic acids is 2. The number of rotatable bonds is 5. The minimum atomic E-state index is -0.698. The van der Waals surface area contributed by atoms with Crippen LogP contribution in [0.4, 0.5) is 10.1 Å². The number of anilines is 1. The monoisotopic (exact) mass is 360 g/mol. The second kappa shape index (κ2) is 7.23. The molecule has 2 aromatic rings. The highest BCUT2D eigenvalue weighted by atomic mass is 19.1. The zero-order chi connectivity index (χ0) is 18.8. The molecule has 1 aromatic carbocycles. The molecule has 2 heterocycles. The van der Waals surface area contributed by atoms with Crippen molar-refractivity contribution in [1.82, 2.24) is 15.0 Å². The van der Waals surface area contributed by atoms with Crippen molar-refractivity contribution in [3.8, 4) is 0 Å². The maximum absolute atomic E-state index is 13.6. The van der Waals surface area contributed by atoms with Gasteiger partial charge in [0, 0.05) is 38.0 Å². The van der Waals surface area contributed by atoms with Crippen LogP contribution in [-0.4, -0.2) is 40.4 Å². The molecule has 0 aliphatic carbocycles. The molecule has 0 fully saturated rings. The normalized spacial score (nSPS) is 16.3. The van der Waals surface area contributed by atoms with E-state index in [1.54, 1.807) is 7.05 Å². The molecule has 138 valence electrons. The van der Waals surface area contributed by atoms with Crippen LogP contribution in [0.3, 0.4) is 0 Å². The van der Waals surface area contributed by atoms with Gasteiger partial charge < -0.3 is 14.7 Å². The summed E-state index contributed by atoms with van der Waals surface area (Å²) in [5.74, 6) is -0.398. The molecule has 1 aliphatic heterocycles. The molecule has 8 heteroatoms. The van der Waals surface area contributed by atoms with Gasteiger partial charge in [0.15, 0.2) is 5.82 Å². The van der Waals surface area contributed by atoms with Gasteiger partial charge in [-0.25, -0.2) is 4.39 Å². The van der Waals surface area contributed by atoms with Gasteiger partial charge in [0.1, 0.15) is 5.82 Å². The van der Waals surface area contributed by atoms with E-state index in [1.165, 1.54) is 23.1 Å². The second-order valence-corrected chi connectivity index (χ2v) is 6.75. The molecule has 3 rings (SSSR count). The first-order valence-electron chi connectivity index (χ1n) is 8.52. The van der Waals surface area contributed by atoms with Gasteiger partial charge in [0.2, 0.25) is 17.7 Å². The third-order valence-corrected chi connectivity index (χ3v) is 4.38. The predicted octanol–water partition coefficient (Wildman–Crippen LogP) is 2.46. The molecule has 1 atom stereocenters. The number of carbonyl (C=O) groups is 2. The van der Waals surface area contributed by atoms with Gasteiger partial charge in [-0.15, -0.1) is 0 Å². The Morgan fingerprint density at radius 2 is 2.23 bits per heavy atom. The lowest BCUT2D eigenvalue weighted by Crippen LogP contribution is -2.37. The zero-order valence-corrected chi connectivity index (χ0v) is 15.0. The number of likely N-dealkylation sites (N-methyl/N-ethyl adjacent to an activating group) is 1. The molecular weight excluding hydrogens is 339 g/mol. The summed E-state index contributed by atoms with van der Waals surface area (Å²) in [4.78, 5) is 30.5. The minimum absolute atomic E-state index is 0.000660. The summed E-state index contributed by atoms with van der Waals surface area (Å²) in [5, 5.41) is 6.58. The summed E-state index contributed by atoms with van der Waals surface area (Å²) < 4.78 is 18.8. The summed E-state index contributed by atoms with van der Waals surface area (Å²) in [6, 6.07) is 4.05. The molecular formula is C18H21FN4O3. The summed E-state index contributed by atoms with van der Waals surface area (Å²) in [6.45, 7) is 4.29. The molecule has 0 spiro atoms. The van der Waals surface area contributed by atoms with Crippen LogP contribution in [0.2, 0.25) is 0 Å². The SMILES string of the molecule is CC(C)c1nc(CCN(C)C(=O)[C@@H]2CC(=O)Nc3ccc(F)cc32)no1. The van der Waals surface area contributed by atoms with Crippen molar-refractivity contribution in [2.24, 2.45) is 0 Å². The number of fused-ring (bicyclic) bond motifs is 1. The van der Waals surface area contributed by atoms with Crippen molar-refractivity contribution < 1.29 is 18.5 Å². The number of nitrogens with one attached hydrogen (secondary N) is 1. The fourth-order valence-corrected chi connectivity index (χ4v) is 2.90. The Balaban J connectivity index is 1.70. The predicted molar refractivity (Wildman–Crippen MR) is 92.1 cm³/mol. The Morgan fingerprint density at radius 1 is 1.46 bits per heavy atom. The van der Waals surface area contributed by atoms with Gasteiger partial charge in [0.05, 0.1) is 5.92 Å². The van der Waals surface area contributed by atoms with E-state index in [9.17, 15) is 14.0 Å². The highest BCUT2D eigenvalue weighted by Crippen LogP contribution is 2.33. The molecule has 26 heavy (non-hydrogen) atoms. The molecule has 0 radical (unpaired) electrons. The molecule has 1 aromatic heterocycles. The van der Waals surface area contributed by atoms with Gasteiger partial charge in [-0.3, -0.25) is 9.59 Å². The standard InChI is InChI=1S/C18H21FN4O3/c1-10(2)17-21-15(22-26-17)6-7-23(3)18(25)13-9-16(24)20-14-5-4-11(19)8-12(13)14/h4-5,8,10,13H,6-7,9H2,1-3H3,(H,20,24)/t13-/m1/s1. The fraction of sp³-hybridized carbons (Fsp3) is 0.444. The third-order valence-electron chi connectivity index (χ3n) is 4.38. The fourth-order valence-electron chi connectivity index (χ4n) is 2.90. The van der Waals surface area contributed by atoms with Crippen LogP contribution in [0.15, 0.2) is 22.7 Å². The molecule has 0 saturated heterocycles. The number of hydrogen-bond acceptors (Lipinski definition) is 5. The highest BCUT2D eigenvalue weighted by Gasteiger charge is 2.32. The summed E-state index contributed by atoms with van der Waals surface area (Å²) in [5.41, 5.74) is 0.984. The second-order valence-electron chi connectivity index (χ2n) is 6.75. The Morgan fingerprint density at radius 3 is 2.92 bits per heavy atom. The van der Waals surface area contributed by atoms with E-state index in [0.29, 0.717) is 35.9 Å². The molecule has 0 unspecified atom stereocenters. The minimum Gasteiger partial charge on any atom is -0.345 e. The summed E-state index contributed by atoms with van der Waals surface area (Å²) in [7, 11) is 1.65. The number of halogens is 1. The van der Waals surface area contributed by atoms with E-state index >= 15 is 0 Å². The summed E-state index contributed by atoms with van der Waals surface area (Å²) >= 11 is 0. The average molecular weight is 360 g/mol. The highest BCUT2D eigenvalue weighted by molar-refractivity contribution is 6.01. The maximum Gasteiger partial charge on any atom is 0.230 e. The van der Waals surface area contributed by atoms with Crippen LogP contribution in [0.1, 0.15) is 49.4 Å². The smallest absolute Gasteiger partial charge is 0.230 e. The van der Waals surface area contributed by atoms with Gasteiger partial charge in [-0.1, -0.05) is 19.0 Å². The molecule has 7 nitrogen and oxygen atoms in total. The number of benzene rings is 1. The quantitative estimate of drug-likeness (QED) is 0.885. The molecule has 0 saturated carbocycles. The first kappa shape index (κ1) is 18.0. The third kappa shape index (κ3) is 3.74. The van der Waals surface area contributed by atoms with Crippen LogP contribution >= 0.6 is 0 Å². The number of hydrogen-bond donors (Lipinski definition) is 1. The lowest BCUT2D eigenvalue weighted by Gasteiger charge is -2.28. The van der Waals surface area contributed by atoms with Crippen LogP contribution in [0.25, 0.3) is 0 Å². The van der Waals surface area contributed by atoms with Crippen LogP contribution in [0.5, 0.6) is 0 Å². The number of amides is 2. The molecule has 1 N–H and O–H groups in total. The Labute approximate surface area is 150 Å². The van der Waals surface area contributed by atoms with Crippen LogP contribution in [0, 0.1) is 5.82 Å². The van der Waals surface area contributed by atoms with Crippen molar-refractivity contribution in [3.63, 3.8) is 0 Å². The van der Waals surface area contributed by atoms with E-state index in [4.69, 9.17) is 4.52 Å². The number of aromatic nitrogens is 2.